The van der Waals surface area contributed by atoms with Crippen LogP contribution in [0.25, 0.3) is 16.5 Å². The van der Waals surface area contributed by atoms with Gasteiger partial charge in [-0.25, -0.2) is 4.39 Å². The largest absolute Gasteiger partial charge is 0.345 e. The molecule has 0 saturated heterocycles. The third-order valence-electron chi connectivity index (χ3n) is 5.17. The van der Waals surface area contributed by atoms with Gasteiger partial charge in [-0.15, -0.1) is 0 Å². The predicted molar refractivity (Wildman–Crippen MR) is 106 cm³/mol. The number of nitrogens with zero attached hydrogens (tertiary/aromatic N) is 2. The lowest BCUT2D eigenvalue weighted by Gasteiger charge is -2.18. The predicted octanol–water partition coefficient (Wildman–Crippen LogP) is 4.03. The standard InChI is InChI=1S/C20H23BrFN3O/c1-24(2)20(26)14-8-15-17(22)18(13-4-3-7-23-10-13)25(11-12-5-6-12)19(15)16(21)9-14/h4,8-9,12,23H,3,5-7,10-11H2,1-2H3. The normalized spacial score (nSPS) is 17.5. The van der Waals surface area contributed by atoms with Crippen molar-refractivity contribution < 1.29 is 9.18 Å². The van der Waals surface area contributed by atoms with Crippen molar-refractivity contribution in [3.8, 4) is 0 Å². The van der Waals surface area contributed by atoms with E-state index in [2.05, 4.69) is 31.9 Å². The molecule has 1 aliphatic carbocycles. The Kier molecular flexibility index (Phi) is 4.65. The number of rotatable bonds is 4. The first-order valence-electron chi connectivity index (χ1n) is 9.10. The van der Waals surface area contributed by atoms with Crippen molar-refractivity contribution in [3.63, 3.8) is 0 Å². The maximum Gasteiger partial charge on any atom is 0.253 e. The number of aromatic nitrogens is 1. The fraction of sp³-hybridized carbons (Fsp3) is 0.450. The molecule has 138 valence electrons. The number of carbonyl (C=O) groups is 1. The Hall–Kier alpha value is -1.66. The number of carbonyl (C=O) groups excluding carboxylic acids is 1. The molecule has 1 amide bonds. The molecule has 6 heteroatoms. The van der Waals surface area contributed by atoms with Gasteiger partial charge in [0.2, 0.25) is 0 Å². The Morgan fingerprint density at radius 1 is 1.38 bits per heavy atom. The summed E-state index contributed by atoms with van der Waals surface area (Å²) >= 11 is 3.60. The van der Waals surface area contributed by atoms with Crippen LogP contribution in [0.15, 0.2) is 22.7 Å². The number of halogens is 2. The van der Waals surface area contributed by atoms with Gasteiger partial charge in [0.15, 0.2) is 5.82 Å². The van der Waals surface area contributed by atoms with Crippen molar-refractivity contribution >= 4 is 38.3 Å². The lowest BCUT2D eigenvalue weighted by molar-refractivity contribution is 0.0827. The molecule has 0 spiro atoms. The molecule has 26 heavy (non-hydrogen) atoms. The van der Waals surface area contributed by atoms with E-state index in [1.54, 1.807) is 20.2 Å². The topological polar surface area (TPSA) is 37.3 Å². The average Bonchev–Trinajstić information content (AvgIpc) is 3.40. The van der Waals surface area contributed by atoms with E-state index < -0.39 is 0 Å². The minimum Gasteiger partial charge on any atom is -0.345 e. The number of benzene rings is 1. The average molecular weight is 420 g/mol. The zero-order valence-corrected chi connectivity index (χ0v) is 16.7. The summed E-state index contributed by atoms with van der Waals surface area (Å²) < 4.78 is 18.4. The van der Waals surface area contributed by atoms with Gasteiger partial charge in [-0.05, 0) is 65.4 Å². The van der Waals surface area contributed by atoms with Crippen LogP contribution < -0.4 is 5.32 Å². The summed E-state index contributed by atoms with van der Waals surface area (Å²) in [6, 6.07) is 3.51. The Labute approximate surface area is 161 Å². The third-order valence-corrected chi connectivity index (χ3v) is 5.77. The molecule has 2 aliphatic rings. The summed E-state index contributed by atoms with van der Waals surface area (Å²) in [5.74, 6) is 0.280. The van der Waals surface area contributed by atoms with Crippen molar-refractivity contribution in [3.05, 3.63) is 39.8 Å². The van der Waals surface area contributed by atoms with Gasteiger partial charge in [-0.2, -0.15) is 0 Å². The Morgan fingerprint density at radius 2 is 2.15 bits per heavy atom. The quantitative estimate of drug-likeness (QED) is 0.811. The monoisotopic (exact) mass is 419 g/mol. The molecule has 0 radical (unpaired) electrons. The summed E-state index contributed by atoms with van der Waals surface area (Å²) in [6.07, 6.45) is 5.45. The highest BCUT2D eigenvalue weighted by Crippen LogP contribution is 2.39. The molecule has 2 aromatic rings. The van der Waals surface area contributed by atoms with Gasteiger partial charge >= 0.3 is 0 Å². The number of nitrogens with one attached hydrogen (secondary N) is 1. The summed E-state index contributed by atoms with van der Waals surface area (Å²) in [5, 5.41) is 3.86. The van der Waals surface area contributed by atoms with E-state index in [0.717, 1.165) is 35.1 Å². The van der Waals surface area contributed by atoms with E-state index in [1.807, 2.05) is 6.07 Å². The van der Waals surface area contributed by atoms with Crippen molar-refractivity contribution in [2.24, 2.45) is 5.92 Å². The van der Waals surface area contributed by atoms with Gasteiger partial charge in [-0.3, -0.25) is 4.79 Å². The first-order chi connectivity index (χ1) is 12.5. The van der Waals surface area contributed by atoms with Gasteiger partial charge in [0, 0.05) is 42.6 Å². The number of hydrogen-bond acceptors (Lipinski definition) is 2. The van der Waals surface area contributed by atoms with E-state index in [4.69, 9.17) is 0 Å². The van der Waals surface area contributed by atoms with Crippen LogP contribution in [0.5, 0.6) is 0 Å². The molecule has 1 aliphatic heterocycles. The maximum absolute atomic E-state index is 15.5. The summed E-state index contributed by atoms with van der Waals surface area (Å²) in [7, 11) is 3.41. The van der Waals surface area contributed by atoms with E-state index >= 15 is 4.39 Å². The Balaban J connectivity index is 1.94. The molecule has 0 unspecified atom stereocenters. The van der Waals surface area contributed by atoms with Crippen LogP contribution in [0.3, 0.4) is 0 Å². The number of hydrogen-bond donors (Lipinski definition) is 1. The summed E-state index contributed by atoms with van der Waals surface area (Å²) in [4.78, 5) is 13.9. The van der Waals surface area contributed by atoms with Crippen molar-refractivity contribution in [1.82, 2.24) is 14.8 Å². The van der Waals surface area contributed by atoms with Crippen LogP contribution >= 0.6 is 15.9 Å². The maximum atomic E-state index is 15.5. The first kappa shape index (κ1) is 17.7. The molecule has 4 nitrogen and oxygen atoms in total. The van der Waals surface area contributed by atoms with E-state index in [-0.39, 0.29) is 11.7 Å². The molecule has 1 aromatic heterocycles. The highest BCUT2D eigenvalue weighted by molar-refractivity contribution is 9.10. The molecule has 0 atom stereocenters. The van der Waals surface area contributed by atoms with Crippen molar-refractivity contribution in [2.75, 3.05) is 27.2 Å². The van der Waals surface area contributed by atoms with Crippen LogP contribution in [0, 0.1) is 11.7 Å². The molecule has 4 rings (SSSR count). The zero-order chi connectivity index (χ0) is 18.4. The van der Waals surface area contributed by atoms with Gasteiger partial charge < -0.3 is 14.8 Å². The molecule has 1 fully saturated rings. The Bertz CT molecular complexity index is 912. The molecule has 2 heterocycles. The smallest absolute Gasteiger partial charge is 0.253 e. The fourth-order valence-corrected chi connectivity index (χ4v) is 4.33. The van der Waals surface area contributed by atoms with Crippen molar-refractivity contribution in [1.29, 1.82) is 0 Å². The van der Waals surface area contributed by atoms with Gasteiger partial charge in [-0.1, -0.05) is 6.08 Å². The van der Waals surface area contributed by atoms with Crippen LogP contribution in [0.2, 0.25) is 0 Å². The van der Waals surface area contributed by atoms with Crippen LogP contribution in [0.4, 0.5) is 4.39 Å². The van der Waals surface area contributed by atoms with E-state index in [1.165, 1.54) is 17.7 Å². The highest BCUT2D eigenvalue weighted by Gasteiger charge is 2.29. The molecule has 1 saturated carbocycles. The van der Waals surface area contributed by atoms with E-state index in [9.17, 15) is 4.79 Å². The minimum absolute atomic E-state index is 0.123. The second kappa shape index (κ2) is 6.82. The second-order valence-corrected chi connectivity index (χ2v) is 8.32. The van der Waals surface area contributed by atoms with Crippen LogP contribution in [-0.4, -0.2) is 42.6 Å². The zero-order valence-electron chi connectivity index (χ0n) is 15.1. The minimum atomic E-state index is -0.218. The third kappa shape index (κ3) is 3.09. The van der Waals surface area contributed by atoms with Gasteiger partial charge in [0.25, 0.3) is 5.91 Å². The fourth-order valence-electron chi connectivity index (χ4n) is 3.66. The lowest BCUT2D eigenvalue weighted by Crippen LogP contribution is -2.23. The highest BCUT2D eigenvalue weighted by atomic mass is 79.9. The molecule has 1 N–H and O–H groups in total. The summed E-state index contributed by atoms with van der Waals surface area (Å²) in [5.41, 5.74) is 3.04. The number of amides is 1. The van der Waals surface area contributed by atoms with Crippen LogP contribution in [0.1, 0.15) is 35.3 Å². The van der Waals surface area contributed by atoms with Gasteiger partial charge in [0.1, 0.15) is 0 Å². The molecular weight excluding hydrogens is 397 g/mol. The summed E-state index contributed by atoms with van der Waals surface area (Å²) in [6.45, 7) is 2.44. The number of fused-ring (bicyclic) bond motifs is 1. The van der Waals surface area contributed by atoms with E-state index in [0.29, 0.717) is 29.1 Å². The SMILES string of the molecule is CN(C)C(=O)c1cc(Br)c2c(c1)c(F)c(C1=CCCNC1)n2CC1CC1. The molecule has 0 bridgehead atoms. The second-order valence-electron chi connectivity index (χ2n) is 7.47. The molecular formula is C20H23BrFN3O. The Morgan fingerprint density at radius 3 is 2.77 bits per heavy atom. The molecule has 1 aromatic carbocycles. The lowest BCUT2D eigenvalue weighted by atomic mass is 10.1. The first-order valence-corrected chi connectivity index (χ1v) is 9.89. The van der Waals surface area contributed by atoms with Gasteiger partial charge in [0.05, 0.1) is 11.2 Å². The van der Waals surface area contributed by atoms with Crippen LogP contribution in [-0.2, 0) is 6.54 Å². The van der Waals surface area contributed by atoms with Crippen molar-refractivity contribution in [2.45, 2.75) is 25.8 Å².